The van der Waals surface area contributed by atoms with Crippen molar-refractivity contribution in [2.75, 3.05) is 12.4 Å². The first kappa shape index (κ1) is 10.6. The monoisotopic (exact) mass is 182 g/mol. The summed E-state index contributed by atoms with van der Waals surface area (Å²) in [5, 5.41) is 17.5. The molecule has 0 aromatic carbocycles. The Kier molecular flexibility index (Phi) is 8.20. The van der Waals surface area contributed by atoms with Gasteiger partial charge in [0.1, 0.15) is 0 Å². The van der Waals surface area contributed by atoms with Crippen LogP contribution in [0.3, 0.4) is 0 Å². The standard InChI is InChI=1S/C6H14O2S2/c7-4-2-1-3-6(8)5-10-9/h6-9H,1-5H2. The predicted molar refractivity (Wildman–Crippen MR) is 48.4 cm³/mol. The Morgan fingerprint density at radius 3 is 2.60 bits per heavy atom. The van der Waals surface area contributed by atoms with Crippen LogP contribution in [0.1, 0.15) is 19.3 Å². The molecule has 0 rings (SSSR count). The van der Waals surface area contributed by atoms with Crippen molar-refractivity contribution in [1.82, 2.24) is 0 Å². The van der Waals surface area contributed by atoms with Crippen LogP contribution < -0.4 is 0 Å². The van der Waals surface area contributed by atoms with E-state index in [0.717, 1.165) is 19.3 Å². The van der Waals surface area contributed by atoms with E-state index in [2.05, 4.69) is 11.7 Å². The summed E-state index contributed by atoms with van der Waals surface area (Å²) < 4.78 is 0. The summed E-state index contributed by atoms with van der Waals surface area (Å²) >= 11 is 3.91. The van der Waals surface area contributed by atoms with Gasteiger partial charge in [0.05, 0.1) is 6.10 Å². The lowest BCUT2D eigenvalue weighted by atomic mass is 10.2. The van der Waals surface area contributed by atoms with Gasteiger partial charge in [0.15, 0.2) is 0 Å². The van der Waals surface area contributed by atoms with Crippen molar-refractivity contribution in [3.8, 4) is 0 Å². The third-order valence-electron chi connectivity index (χ3n) is 1.21. The van der Waals surface area contributed by atoms with Gasteiger partial charge in [-0.25, -0.2) is 0 Å². The zero-order chi connectivity index (χ0) is 7.82. The average molecular weight is 182 g/mol. The molecule has 0 bridgehead atoms. The molecule has 0 aliphatic rings. The second-order valence-electron chi connectivity index (χ2n) is 2.17. The van der Waals surface area contributed by atoms with Crippen molar-refractivity contribution >= 4 is 22.5 Å². The molecule has 0 amide bonds. The highest BCUT2D eigenvalue weighted by atomic mass is 33.1. The molecule has 0 aromatic rings. The van der Waals surface area contributed by atoms with Crippen LogP contribution in [0, 0.1) is 0 Å². The molecule has 62 valence electrons. The van der Waals surface area contributed by atoms with E-state index in [1.807, 2.05) is 0 Å². The Morgan fingerprint density at radius 1 is 1.40 bits per heavy atom. The largest absolute Gasteiger partial charge is 0.396 e. The van der Waals surface area contributed by atoms with E-state index < -0.39 is 0 Å². The Hall–Kier alpha value is 0.620. The molecule has 0 aliphatic carbocycles. The smallest absolute Gasteiger partial charge is 0.0638 e. The number of hydrogen-bond acceptors (Lipinski definition) is 4. The van der Waals surface area contributed by atoms with E-state index in [9.17, 15) is 0 Å². The molecule has 0 spiro atoms. The molecule has 0 fully saturated rings. The first-order valence-corrected chi connectivity index (χ1v) is 5.40. The molecule has 0 saturated heterocycles. The second kappa shape index (κ2) is 7.72. The molecular weight excluding hydrogens is 168 g/mol. The third kappa shape index (κ3) is 6.74. The van der Waals surface area contributed by atoms with Crippen molar-refractivity contribution < 1.29 is 10.2 Å². The highest BCUT2D eigenvalue weighted by molar-refractivity contribution is 8.68. The molecule has 0 radical (unpaired) electrons. The summed E-state index contributed by atoms with van der Waals surface area (Å²) in [5.74, 6) is 0.675. The molecule has 2 nitrogen and oxygen atoms in total. The minimum Gasteiger partial charge on any atom is -0.396 e. The van der Waals surface area contributed by atoms with E-state index in [0.29, 0.717) is 5.75 Å². The Bertz CT molecular complexity index is 70.8. The molecule has 4 heteroatoms. The highest BCUT2D eigenvalue weighted by Crippen LogP contribution is 2.10. The maximum atomic E-state index is 9.12. The number of hydrogen-bond donors (Lipinski definition) is 3. The number of unbranched alkanes of at least 4 members (excludes halogenated alkanes) is 1. The number of aliphatic hydroxyl groups excluding tert-OH is 2. The lowest BCUT2D eigenvalue weighted by Gasteiger charge is -2.06. The van der Waals surface area contributed by atoms with Gasteiger partial charge >= 0.3 is 0 Å². The molecule has 1 unspecified atom stereocenters. The van der Waals surface area contributed by atoms with Crippen LogP contribution in [0.2, 0.25) is 0 Å². The maximum absolute atomic E-state index is 9.12. The summed E-state index contributed by atoms with van der Waals surface area (Å²) in [6.07, 6.45) is 2.20. The molecule has 0 aromatic heterocycles. The van der Waals surface area contributed by atoms with Gasteiger partial charge in [-0.1, -0.05) is 10.8 Å². The molecule has 10 heavy (non-hydrogen) atoms. The van der Waals surface area contributed by atoms with Crippen molar-refractivity contribution in [1.29, 1.82) is 0 Å². The van der Waals surface area contributed by atoms with Gasteiger partial charge in [-0.2, -0.15) is 0 Å². The van der Waals surface area contributed by atoms with Crippen LogP contribution in [0.15, 0.2) is 0 Å². The second-order valence-corrected chi connectivity index (χ2v) is 3.54. The molecule has 1 atom stereocenters. The minimum absolute atomic E-state index is 0.223. The van der Waals surface area contributed by atoms with Gasteiger partial charge in [0, 0.05) is 12.4 Å². The Morgan fingerprint density at radius 2 is 2.10 bits per heavy atom. The van der Waals surface area contributed by atoms with E-state index in [-0.39, 0.29) is 12.7 Å². The molecular formula is C6H14O2S2. The van der Waals surface area contributed by atoms with Crippen molar-refractivity contribution in [3.63, 3.8) is 0 Å². The summed E-state index contributed by atoms with van der Waals surface area (Å²) in [7, 11) is 1.35. The number of rotatable bonds is 6. The van der Waals surface area contributed by atoms with Crippen LogP contribution >= 0.6 is 22.5 Å². The predicted octanol–water partition coefficient (Wildman–Crippen LogP) is 1.09. The first-order chi connectivity index (χ1) is 4.81. The Labute approximate surface area is 70.8 Å². The van der Waals surface area contributed by atoms with Gasteiger partial charge in [0.25, 0.3) is 0 Å². The van der Waals surface area contributed by atoms with Crippen LogP contribution in [-0.4, -0.2) is 28.7 Å². The first-order valence-electron chi connectivity index (χ1n) is 3.36. The molecule has 0 heterocycles. The summed E-state index contributed by atoms with van der Waals surface area (Å²) in [6.45, 7) is 0.223. The minimum atomic E-state index is -0.256. The van der Waals surface area contributed by atoms with Crippen molar-refractivity contribution in [2.45, 2.75) is 25.4 Å². The van der Waals surface area contributed by atoms with Crippen LogP contribution in [0.4, 0.5) is 0 Å². The highest BCUT2D eigenvalue weighted by Gasteiger charge is 2.01. The van der Waals surface area contributed by atoms with E-state index in [4.69, 9.17) is 10.2 Å². The van der Waals surface area contributed by atoms with Crippen LogP contribution in [0.25, 0.3) is 0 Å². The zero-order valence-corrected chi connectivity index (χ0v) is 7.57. The molecule has 2 N–H and O–H groups in total. The van der Waals surface area contributed by atoms with Crippen LogP contribution in [-0.2, 0) is 0 Å². The van der Waals surface area contributed by atoms with Crippen molar-refractivity contribution in [2.24, 2.45) is 0 Å². The average Bonchev–Trinajstić information content (AvgIpc) is 1.89. The van der Waals surface area contributed by atoms with E-state index in [1.54, 1.807) is 0 Å². The SMILES string of the molecule is OCCCCC(O)CSS. The fourth-order valence-corrected chi connectivity index (χ4v) is 1.52. The van der Waals surface area contributed by atoms with Crippen molar-refractivity contribution in [3.05, 3.63) is 0 Å². The van der Waals surface area contributed by atoms with Crippen LogP contribution in [0.5, 0.6) is 0 Å². The number of aliphatic hydroxyl groups is 2. The summed E-state index contributed by atoms with van der Waals surface area (Å²) in [4.78, 5) is 0. The fraction of sp³-hybridized carbons (Fsp3) is 1.00. The summed E-state index contributed by atoms with van der Waals surface area (Å²) in [5.41, 5.74) is 0. The van der Waals surface area contributed by atoms with E-state index >= 15 is 0 Å². The fourth-order valence-electron chi connectivity index (χ4n) is 0.661. The van der Waals surface area contributed by atoms with Gasteiger partial charge in [-0.05, 0) is 19.3 Å². The normalized spacial score (nSPS) is 13.5. The lowest BCUT2D eigenvalue weighted by Crippen LogP contribution is -2.08. The van der Waals surface area contributed by atoms with Gasteiger partial charge in [-0.3, -0.25) is 0 Å². The zero-order valence-electron chi connectivity index (χ0n) is 5.86. The van der Waals surface area contributed by atoms with E-state index in [1.165, 1.54) is 10.8 Å². The maximum Gasteiger partial charge on any atom is 0.0638 e. The quantitative estimate of drug-likeness (QED) is 0.327. The lowest BCUT2D eigenvalue weighted by molar-refractivity contribution is 0.180. The molecule has 0 saturated carbocycles. The summed E-state index contributed by atoms with van der Waals surface area (Å²) in [6, 6.07) is 0. The topological polar surface area (TPSA) is 40.5 Å². The third-order valence-corrected chi connectivity index (χ3v) is 2.19. The van der Waals surface area contributed by atoms with Gasteiger partial charge in [0.2, 0.25) is 0 Å². The van der Waals surface area contributed by atoms with Gasteiger partial charge in [-0.15, -0.1) is 11.7 Å². The van der Waals surface area contributed by atoms with Gasteiger partial charge < -0.3 is 10.2 Å². The molecule has 0 aliphatic heterocycles. The Balaban J connectivity index is 2.97. The number of thiol groups is 1.